The predicted octanol–water partition coefficient (Wildman–Crippen LogP) is 4.00. The highest BCUT2D eigenvalue weighted by Gasteiger charge is 2.31. The molecule has 1 aliphatic rings. The van der Waals surface area contributed by atoms with Gasteiger partial charge < -0.3 is 9.73 Å². The number of H-pyrrole nitrogens is 1. The van der Waals surface area contributed by atoms with E-state index in [4.69, 9.17) is 9.40 Å². The molecule has 6 nitrogen and oxygen atoms in total. The Morgan fingerprint density at radius 1 is 1.19 bits per heavy atom. The first-order chi connectivity index (χ1) is 12.7. The number of rotatable bonds is 2. The van der Waals surface area contributed by atoms with E-state index < -0.39 is 0 Å². The maximum absolute atomic E-state index is 12.3. The Morgan fingerprint density at radius 2 is 2.04 bits per heavy atom. The zero-order valence-corrected chi connectivity index (χ0v) is 14.1. The summed E-state index contributed by atoms with van der Waals surface area (Å²) in [6, 6.07) is 13.8. The van der Waals surface area contributed by atoms with Gasteiger partial charge in [-0.3, -0.25) is 9.89 Å². The van der Waals surface area contributed by atoms with Gasteiger partial charge >= 0.3 is 0 Å². The van der Waals surface area contributed by atoms with Crippen LogP contribution in [0.1, 0.15) is 29.4 Å². The van der Waals surface area contributed by atoms with Crippen LogP contribution >= 0.6 is 0 Å². The lowest BCUT2D eigenvalue weighted by Crippen LogP contribution is -2.24. The molecule has 0 spiro atoms. The van der Waals surface area contributed by atoms with Crippen molar-refractivity contribution < 1.29 is 9.21 Å². The number of carbonyl (C=O) groups is 1. The molecule has 2 N–H and O–H groups in total. The lowest BCUT2D eigenvalue weighted by Gasteiger charge is -2.24. The van der Waals surface area contributed by atoms with Gasteiger partial charge in [0.2, 0.25) is 11.8 Å². The largest absolute Gasteiger partial charge is 0.441 e. The van der Waals surface area contributed by atoms with Gasteiger partial charge in [0.25, 0.3) is 0 Å². The molecule has 0 radical (unpaired) electrons. The number of fused-ring (bicyclic) bond motifs is 2. The van der Waals surface area contributed by atoms with Crippen molar-refractivity contribution in [1.29, 1.82) is 0 Å². The van der Waals surface area contributed by atoms with Crippen LogP contribution in [0, 0.1) is 6.92 Å². The zero-order valence-electron chi connectivity index (χ0n) is 14.1. The van der Waals surface area contributed by atoms with Crippen LogP contribution in [0.25, 0.3) is 22.4 Å². The minimum Gasteiger partial charge on any atom is -0.441 e. The summed E-state index contributed by atoms with van der Waals surface area (Å²) >= 11 is 0. The second-order valence-electron chi connectivity index (χ2n) is 6.53. The standard InChI is InChI=1S/C20H16N4O2/c1-11-19(23-20(26-11)12-5-3-2-4-6-12)15-8-18(25)22-17-9-16-13(7-14(15)17)10-21-24-16/h2-7,9-10,15H,8H2,1H3,(H,21,24)(H,22,25)/t15-/m0/s1. The van der Waals surface area contributed by atoms with Gasteiger partial charge in [-0.05, 0) is 36.8 Å². The zero-order chi connectivity index (χ0) is 17.7. The fourth-order valence-electron chi connectivity index (χ4n) is 3.58. The van der Waals surface area contributed by atoms with Crippen molar-refractivity contribution in [2.45, 2.75) is 19.3 Å². The maximum atomic E-state index is 12.3. The predicted molar refractivity (Wildman–Crippen MR) is 97.9 cm³/mol. The van der Waals surface area contributed by atoms with Gasteiger partial charge in [-0.1, -0.05) is 18.2 Å². The van der Waals surface area contributed by atoms with Gasteiger partial charge in [-0.2, -0.15) is 5.10 Å². The van der Waals surface area contributed by atoms with Gasteiger partial charge in [0, 0.05) is 29.0 Å². The smallest absolute Gasteiger partial charge is 0.226 e. The second kappa shape index (κ2) is 5.56. The Labute approximate surface area is 149 Å². The molecule has 0 saturated carbocycles. The summed E-state index contributed by atoms with van der Waals surface area (Å²) in [5.41, 5.74) is 4.46. The van der Waals surface area contributed by atoms with E-state index in [1.807, 2.05) is 43.3 Å². The molecular weight excluding hydrogens is 328 g/mol. The molecule has 2 aromatic carbocycles. The van der Waals surface area contributed by atoms with Gasteiger partial charge in [0.1, 0.15) is 5.76 Å². The van der Waals surface area contributed by atoms with E-state index >= 15 is 0 Å². The third-order valence-electron chi connectivity index (χ3n) is 4.83. The normalized spacial score (nSPS) is 16.5. The van der Waals surface area contributed by atoms with E-state index in [1.165, 1.54) is 0 Å². The highest BCUT2D eigenvalue weighted by Crippen LogP contribution is 2.40. The third kappa shape index (κ3) is 2.30. The van der Waals surface area contributed by atoms with E-state index in [-0.39, 0.29) is 11.8 Å². The Morgan fingerprint density at radius 3 is 2.88 bits per heavy atom. The quantitative estimate of drug-likeness (QED) is 0.576. The summed E-state index contributed by atoms with van der Waals surface area (Å²) in [5, 5.41) is 11.0. The monoisotopic (exact) mass is 344 g/mol. The first-order valence-corrected chi connectivity index (χ1v) is 8.48. The van der Waals surface area contributed by atoms with Crippen molar-refractivity contribution in [3.8, 4) is 11.5 Å². The molecule has 1 atom stereocenters. The Kier molecular flexibility index (Phi) is 3.18. The number of oxazole rings is 1. The minimum atomic E-state index is -0.140. The van der Waals surface area contributed by atoms with E-state index in [2.05, 4.69) is 21.6 Å². The maximum Gasteiger partial charge on any atom is 0.226 e. The van der Waals surface area contributed by atoms with Crippen molar-refractivity contribution in [2.75, 3.05) is 5.32 Å². The summed E-state index contributed by atoms with van der Waals surface area (Å²) in [4.78, 5) is 17.0. The molecule has 5 rings (SSSR count). The van der Waals surface area contributed by atoms with Crippen molar-refractivity contribution >= 4 is 22.5 Å². The molecular formula is C20H16N4O2. The van der Waals surface area contributed by atoms with Gasteiger partial charge in [-0.25, -0.2) is 4.98 Å². The summed E-state index contributed by atoms with van der Waals surface area (Å²) in [6.45, 7) is 1.90. The fraction of sp³-hybridized carbons (Fsp3) is 0.150. The minimum absolute atomic E-state index is 0.0231. The Bertz CT molecular complexity index is 1130. The molecule has 4 aromatic rings. The Balaban J connectivity index is 1.65. The van der Waals surface area contributed by atoms with Crippen LogP contribution in [0.4, 0.5) is 5.69 Å². The number of nitrogens with zero attached hydrogens (tertiary/aromatic N) is 2. The number of aromatic amines is 1. The highest BCUT2D eigenvalue weighted by atomic mass is 16.4. The molecule has 2 aromatic heterocycles. The number of hydrogen-bond acceptors (Lipinski definition) is 4. The van der Waals surface area contributed by atoms with E-state index in [0.717, 1.165) is 39.2 Å². The van der Waals surface area contributed by atoms with Crippen LogP contribution in [0.2, 0.25) is 0 Å². The average molecular weight is 344 g/mol. The molecule has 0 saturated heterocycles. The third-order valence-corrected chi connectivity index (χ3v) is 4.83. The topological polar surface area (TPSA) is 83.8 Å². The lowest BCUT2D eigenvalue weighted by atomic mass is 9.86. The fourth-order valence-corrected chi connectivity index (χ4v) is 3.58. The summed E-state index contributed by atoms with van der Waals surface area (Å²) < 4.78 is 5.92. The van der Waals surface area contributed by atoms with Crippen molar-refractivity contribution in [1.82, 2.24) is 15.2 Å². The van der Waals surface area contributed by atoms with Crippen LogP contribution < -0.4 is 5.32 Å². The summed E-state index contributed by atoms with van der Waals surface area (Å²) in [6.07, 6.45) is 2.13. The molecule has 1 amide bonds. The van der Waals surface area contributed by atoms with Gasteiger partial charge in [-0.15, -0.1) is 0 Å². The summed E-state index contributed by atoms with van der Waals surface area (Å²) in [7, 11) is 0. The van der Waals surface area contributed by atoms with Gasteiger partial charge in [0.15, 0.2) is 0 Å². The molecule has 0 unspecified atom stereocenters. The van der Waals surface area contributed by atoms with Crippen LogP contribution in [0.3, 0.4) is 0 Å². The van der Waals surface area contributed by atoms with Gasteiger partial charge in [0.05, 0.1) is 17.4 Å². The summed E-state index contributed by atoms with van der Waals surface area (Å²) in [5.74, 6) is 1.15. The number of amides is 1. The highest BCUT2D eigenvalue weighted by molar-refractivity contribution is 5.98. The van der Waals surface area contributed by atoms with E-state index in [0.29, 0.717) is 12.3 Å². The first-order valence-electron chi connectivity index (χ1n) is 8.48. The second-order valence-corrected chi connectivity index (χ2v) is 6.53. The number of aromatic nitrogens is 3. The van der Waals surface area contributed by atoms with Crippen molar-refractivity contribution in [3.05, 3.63) is 65.7 Å². The van der Waals surface area contributed by atoms with Crippen molar-refractivity contribution in [2.24, 2.45) is 0 Å². The molecule has 1 aliphatic heterocycles. The van der Waals surface area contributed by atoms with Crippen LogP contribution in [-0.2, 0) is 4.79 Å². The number of anilines is 1. The molecule has 0 fully saturated rings. The SMILES string of the molecule is Cc1oc(-c2ccccc2)nc1[C@H]1CC(=O)Nc2cc3[nH]ncc3cc21. The Hall–Kier alpha value is -3.41. The van der Waals surface area contributed by atoms with Crippen LogP contribution in [0.5, 0.6) is 0 Å². The molecule has 26 heavy (non-hydrogen) atoms. The van der Waals surface area contributed by atoms with Crippen molar-refractivity contribution in [3.63, 3.8) is 0 Å². The van der Waals surface area contributed by atoms with E-state index in [9.17, 15) is 4.79 Å². The molecule has 0 aliphatic carbocycles. The van der Waals surface area contributed by atoms with Crippen LogP contribution in [0.15, 0.2) is 53.1 Å². The molecule has 128 valence electrons. The number of aryl methyl sites for hydroxylation is 1. The molecule has 6 heteroatoms. The first kappa shape index (κ1) is 14.9. The van der Waals surface area contributed by atoms with Crippen LogP contribution in [-0.4, -0.2) is 21.1 Å². The lowest BCUT2D eigenvalue weighted by molar-refractivity contribution is -0.116. The number of carbonyl (C=O) groups excluding carboxylic acids is 1. The molecule has 0 bridgehead atoms. The number of nitrogens with one attached hydrogen (secondary N) is 2. The van der Waals surface area contributed by atoms with E-state index in [1.54, 1.807) is 6.20 Å². The number of benzene rings is 2. The molecule has 3 heterocycles. The number of hydrogen-bond donors (Lipinski definition) is 2. The average Bonchev–Trinajstić information content (AvgIpc) is 3.26.